The highest BCUT2D eigenvalue weighted by atomic mass is 32.1. The molecular formula is C18H27N5O2S. The minimum Gasteiger partial charge on any atom is -0.349 e. The molecule has 0 spiro atoms. The predicted octanol–water partition coefficient (Wildman–Crippen LogP) is 1.15. The van der Waals surface area contributed by atoms with Gasteiger partial charge in [0.15, 0.2) is 5.96 Å². The zero-order valence-corrected chi connectivity index (χ0v) is 16.5. The van der Waals surface area contributed by atoms with Crippen LogP contribution in [0.25, 0.3) is 0 Å². The molecule has 26 heavy (non-hydrogen) atoms. The van der Waals surface area contributed by atoms with Crippen molar-refractivity contribution in [3.8, 4) is 0 Å². The molecule has 2 amide bonds. The number of piperazine rings is 1. The summed E-state index contributed by atoms with van der Waals surface area (Å²) in [4.78, 5) is 35.6. The van der Waals surface area contributed by atoms with Crippen LogP contribution in [0.5, 0.6) is 0 Å². The maximum absolute atomic E-state index is 12.5. The topological polar surface area (TPSA) is 68.2 Å². The summed E-state index contributed by atoms with van der Waals surface area (Å²) in [5, 5.41) is 5.45. The van der Waals surface area contributed by atoms with E-state index >= 15 is 0 Å². The van der Waals surface area contributed by atoms with Crippen molar-refractivity contribution in [1.29, 1.82) is 0 Å². The Morgan fingerprint density at radius 1 is 1.42 bits per heavy atom. The number of carbonyl (C=O) groups excluding carboxylic acids is 2. The van der Waals surface area contributed by atoms with Crippen LogP contribution in [0.2, 0.25) is 0 Å². The molecule has 1 aromatic rings. The highest BCUT2D eigenvalue weighted by molar-refractivity contribution is 7.10. The smallest absolute Gasteiger partial charge is 0.243 e. The van der Waals surface area contributed by atoms with Gasteiger partial charge in [0, 0.05) is 38.1 Å². The molecule has 1 saturated carbocycles. The average molecular weight is 378 g/mol. The molecule has 2 aliphatic rings. The van der Waals surface area contributed by atoms with Gasteiger partial charge in [0.1, 0.15) is 6.54 Å². The molecule has 0 radical (unpaired) electrons. The third-order valence-corrected chi connectivity index (χ3v) is 5.78. The summed E-state index contributed by atoms with van der Waals surface area (Å²) in [7, 11) is 3.44. The van der Waals surface area contributed by atoms with Crippen LogP contribution >= 0.6 is 11.3 Å². The first kappa shape index (κ1) is 18.7. The molecule has 2 fully saturated rings. The first-order valence-corrected chi connectivity index (χ1v) is 9.92. The van der Waals surface area contributed by atoms with E-state index in [4.69, 9.17) is 0 Å². The van der Waals surface area contributed by atoms with Gasteiger partial charge in [-0.3, -0.25) is 9.59 Å². The summed E-state index contributed by atoms with van der Waals surface area (Å²) in [6.45, 7) is 3.91. The number of amides is 2. The van der Waals surface area contributed by atoms with Crippen LogP contribution in [0.15, 0.2) is 22.5 Å². The molecular weight excluding hydrogens is 350 g/mol. The summed E-state index contributed by atoms with van der Waals surface area (Å²) >= 11 is 1.68. The highest BCUT2D eigenvalue weighted by Gasteiger charge is 2.36. The number of hydrogen-bond acceptors (Lipinski definition) is 4. The monoisotopic (exact) mass is 377 g/mol. The number of nitrogens with zero attached hydrogens (tertiary/aromatic N) is 4. The molecule has 142 valence electrons. The zero-order chi connectivity index (χ0) is 18.7. The summed E-state index contributed by atoms with van der Waals surface area (Å²) in [5.41, 5.74) is 0. The van der Waals surface area contributed by atoms with E-state index in [-0.39, 0.29) is 24.4 Å². The number of thiophene rings is 1. The predicted molar refractivity (Wildman–Crippen MR) is 103 cm³/mol. The SMILES string of the molecule is CC(NC(=NCC(=O)N(C)C)N1CCN(C2CC2)C(=O)C1)c1cccs1. The van der Waals surface area contributed by atoms with Crippen LogP contribution in [0, 0.1) is 0 Å². The van der Waals surface area contributed by atoms with Gasteiger partial charge in [-0.15, -0.1) is 11.3 Å². The number of nitrogens with one attached hydrogen (secondary N) is 1. The van der Waals surface area contributed by atoms with Gasteiger partial charge in [-0.1, -0.05) is 6.07 Å². The third-order valence-electron chi connectivity index (χ3n) is 4.72. The van der Waals surface area contributed by atoms with Gasteiger partial charge in [-0.05, 0) is 31.2 Å². The number of carbonyl (C=O) groups is 2. The number of rotatable bonds is 5. The summed E-state index contributed by atoms with van der Waals surface area (Å²) in [6, 6.07) is 4.60. The largest absolute Gasteiger partial charge is 0.349 e. The van der Waals surface area contributed by atoms with Crippen LogP contribution in [-0.2, 0) is 9.59 Å². The normalized spacial score (nSPS) is 19.5. The van der Waals surface area contributed by atoms with E-state index in [1.165, 1.54) is 9.78 Å². The Morgan fingerprint density at radius 3 is 2.77 bits per heavy atom. The number of aliphatic imine (C=N–C) groups is 1. The molecule has 1 aliphatic heterocycles. The van der Waals surface area contributed by atoms with E-state index in [2.05, 4.69) is 23.3 Å². The van der Waals surface area contributed by atoms with Crippen molar-refractivity contribution in [2.75, 3.05) is 40.3 Å². The van der Waals surface area contributed by atoms with Gasteiger partial charge in [0.05, 0.1) is 12.6 Å². The van der Waals surface area contributed by atoms with Crippen molar-refractivity contribution in [2.45, 2.75) is 31.8 Å². The van der Waals surface area contributed by atoms with Crippen molar-refractivity contribution in [2.24, 2.45) is 4.99 Å². The van der Waals surface area contributed by atoms with Crippen molar-refractivity contribution >= 4 is 29.1 Å². The fourth-order valence-electron chi connectivity index (χ4n) is 2.96. The first-order valence-electron chi connectivity index (χ1n) is 9.04. The molecule has 1 N–H and O–H groups in total. The lowest BCUT2D eigenvalue weighted by Crippen LogP contribution is -2.56. The van der Waals surface area contributed by atoms with E-state index in [1.54, 1.807) is 25.4 Å². The molecule has 0 bridgehead atoms. The molecule has 1 atom stereocenters. The van der Waals surface area contributed by atoms with Crippen LogP contribution in [0.1, 0.15) is 30.7 Å². The Balaban J connectivity index is 1.70. The zero-order valence-electron chi connectivity index (χ0n) is 15.6. The van der Waals surface area contributed by atoms with Crippen molar-refractivity contribution in [3.63, 3.8) is 0 Å². The van der Waals surface area contributed by atoms with Gasteiger partial charge >= 0.3 is 0 Å². The Kier molecular flexibility index (Phi) is 5.80. The summed E-state index contributed by atoms with van der Waals surface area (Å²) in [6.07, 6.45) is 2.25. The summed E-state index contributed by atoms with van der Waals surface area (Å²) < 4.78 is 0. The lowest BCUT2D eigenvalue weighted by atomic mass is 10.2. The van der Waals surface area contributed by atoms with E-state index in [0.717, 1.165) is 25.9 Å². The van der Waals surface area contributed by atoms with E-state index in [1.807, 2.05) is 21.2 Å². The molecule has 1 aliphatic carbocycles. The van der Waals surface area contributed by atoms with E-state index in [9.17, 15) is 9.59 Å². The van der Waals surface area contributed by atoms with Gasteiger partial charge in [0.25, 0.3) is 0 Å². The second kappa shape index (κ2) is 8.07. The Hall–Kier alpha value is -2.09. The second-order valence-electron chi connectivity index (χ2n) is 7.05. The van der Waals surface area contributed by atoms with Crippen LogP contribution in [0.3, 0.4) is 0 Å². The minimum atomic E-state index is -0.0592. The lowest BCUT2D eigenvalue weighted by Gasteiger charge is -2.37. The van der Waals surface area contributed by atoms with Crippen LogP contribution < -0.4 is 5.32 Å². The number of hydrogen-bond donors (Lipinski definition) is 1. The second-order valence-corrected chi connectivity index (χ2v) is 8.03. The average Bonchev–Trinajstić information content (AvgIpc) is 3.30. The Bertz CT molecular complexity index is 669. The van der Waals surface area contributed by atoms with Crippen molar-refractivity contribution in [1.82, 2.24) is 20.0 Å². The molecule has 8 heteroatoms. The third kappa shape index (κ3) is 4.55. The molecule has 7 nitrogen and oxygen atoms in total. The molecule has 1 unspecified atom stereocenters. The van der Waals surface area contributed by atoms with Gasteiger partial charge in [-0.2, -0.15) is 0 Å². The van der Waals surface area contributed by atoms with Crippen LogP contribution in [-0.4, -0.2) is 78.8 Å². The molecule has 2 heterocycles. The standard InChI is InChI=1S/C18H27N5O2S/c1-13(15-5-4-10-26-15)20-18(19-11-16(24)21(2)3)22-8-9-23(14-6-7-14)17(25)12-22/h4-5,10,13-14H,6-9,11-12H2,1-3H3,(H,19,20). The molecule has 1 aromatic heterocycles. The lowest BCUT2D eigenvalue weighted by molar-refractivity contribution is -0.135. The highest BCUT2D eigenvalue weighted by Crippen LogP contribution is 2.28. The van der Waals surface area contributed by atoms with Crippen LogP contribution in [0.4, 0.5) is 0 Å². The maximum atomic E-state index is 12.5. The Morgan fingerprint density at radius 2 is 2.19 bits per heavy atom. The minimum absolute atomic E-state index is 0.0592. The molecule has 1 saturated heterocycles. The van der Waals surface area contributed by atoms with Gasteiger partial charge in [-0.25, -0.2) is 4.99 Å². The van der Waals surface area contributed by atoms with Crippen molar-refractivity contribution < 1.29 is 9.59 Å². The quantitative estimate of drug-likeness (QED) is 0.617. The van der Waals surface area contributed by atoms with Gasteiger partial charge in [0.2, 0.25) is 11.8 Å². The molecule has 3 rings (SSSR count). The van der Waals surface area contributed by atoms with Crippen molar-refractivity contribution in [3.05, 3.63) is 22.4 Å². The maximum Gasteiger partial charge on any atom is 0.243 e. The van der Waals surface area contributed by atoms with E-state index in [0.29, 0.717) is 18.5 Å². The fourth-order valence-corrected chi connectivity index (χ4v) is 3.70. The first-order chi connectivity index (χ1) is 12.5. The van der Waals surface area contributed by atoms with Gasteiger partial charge < -0.3 is 20.0 Å². The molecule has 0 aromatic carbocycles. The number of guanidine groups is 1. The fraction of sp³-hybridized carbons (Fsp3) is 0.611. The number of likely N-dealkylation sites (N-methyl/N-ethyl adjacent to an activating group) is 1. The van der Waals surface area contributed by atoms with E-state index < -0.39 is 0 Å². The summed E-state index contributed by atoms with van der Waals surface area (Å²) in [5.74, 6) is 0.719. The Labute approximate surface area is 158 Å².